The molecule has 12 aromatic rings. The molecule has 0 saturated heterocycles. The first kappa shape index (κ1) is 25.7. The fourth-order valence-electron chi connectivity index (χ4n) is 11.5. The van der Waals surface area contributed by atoms with E-state index in [4.69, 9.17) is 12.3 Å². The average Bonchev–Trinajstić information content (AvgIpc) is 1.52. The summed E-state index contributed by atoms with van der Waals surface area (Å²) in [5.74, 6) is 0. The minimum atomic E-state index is -3.19. The Morgan fingerprint density at radius 1 is 0.301 bits per heavy atom. The van der Waals surface area contributed by atoms with Crippen molar-refractivity contribution in [2.24, 2.45) is 0 Å². The van der Waals surface area contributed by atoms with Gasteiger partial charge in [0.25, 0.3) is 0 Å². The lowest BCUT2D eigenvalue weighted by Gasteiger charge is -2.34. The number of hydrogen-bond acceptors (Lipinski definition) is 1. The van der Waals surface area contributed by atoms with Gasteiger partial charge in [0.1, 0.15) is 0 Å². The Morgan fingerprint density at radius 2 is 0.890 bits per heavy atom. The normalized spacial score (nSPS) is 17.6. The summed E-state index contributed by atoms with van der Waals surface area (Å²) >= 11 is 0. The summed E-state index contributed by atoms with van der Waals surface area (Å²) in [7, 11) is 0. The summed E-state index contributed by atoms with van der Waals surface area (Å²) in [6.45, 7) is 0. The lowest BCUT2D eigenvalue weighted by Crippen LogP contribution is -2.28. The molecule has 0 aliphatic heterocycles. The van der Waals surface area contributed by atoms with Crippen LogP contribution in [0.3, 0.4) is 0 Å². The molecule has 1 heteroatoms. The molecule has 73 heavy (non-hydrogen) atoms. The van der Waals surface area contributed by atoms with E-state index < -0.39 is 189 Å². The molecule has 1 nitrogen and oxygen atoms in total. The molecular formula is C72H49N. The van der Waals surface area contributed by atoms with Crippen molar-refractivity contribution in [3.8, 4) is 44.5 Å². The first-order valence-corrected chi connectivity index (χ1v) is 23.6. The van der Waals surface area contributed by atoms with Crippen LogP contribution < -0.4 is 4.90 Å². The fourth-order valence-corrected chi connectivity index (χ4v) is 11.5. The zero-order chi connectivity index (χ0) is 67.5. The van der Waals surface area contributed by atoms with E-state index in [9.17, 15) is 17.8 Å². The molecule has 0 atom stereocenters. The topological polar surface area (TPSA) is 3.24 Å². The first-order valence-electron chi connectivity index (χ1n) is 34.6. The maximum atomic E-state index is 10.2. The number of rotatable bonds is 9. The third kappa shape index (κ3) is 6.42. The number of anilines is 3. The molecule has 0 radical (unpaired) electrons. The largest absolute Gasteiger partial charge is 0.310 e. The molecule has 342 valence electrons. The van der Waals surface area contributed by atoms with Crippen molar-refractivity contribution in [2.75, 3.05) is 4.90 Å². The van der Waals surface area contributed by atoms with Gasteiger partial charge in [-0.2, -0.15) is 0 Å². The highest BCUT2D eigenvalue weighted by Gasteiger charge is 2.48. The van der Waals surface area contributed by atoms with Crippen molar-refractivity contribution in [3.63, 3.8) is 0 Å². The molecule has 12 aromatic carbocycles. The van der Waals surface area contributed by atoms with Crippen LogP contribution in [0.15, 0.2) is 297 Å². The molecular weight excluding hydrogens is 879 g/mol. The van der Waals surface area contributed by atoms with Gasteiger partial charge in [0, 0.05) is 16.9 Å². The second-order valence-corrected chi connectivity index (χ2v) is 17.8. The maximum absolute atomic E-state index is 10.2. The number of benzene rings is 12. The van der Waals surface area contributed by atoms with Crippen molar-refractivity contribution >= 4 is 27.8 Å². The highest BCUT2D eigenvalue weighted by atomic mass is 15.1. The summed E-state index contributed by atoms with van der Waals surface area (Å²) in [6.07, 6.45) is 0. The second-order valence-electron chi connectivity index (χ2n) is 17.8. The first-order chi connectivity index (χ1) is 45.4. The van der Waals surface area contributed by atoms with Gasteiger partial charge in [0.2, 0.25) is 0 Å². The van der Waals surface area contributed by atoms with Crippen LogP contribution in [0.25, 0.3) is 55.3 Å². The fraction of sp³-hybridized carbons (Fsp3) is 0.0278. The molecule has 0 saturated carbocycles. The van der Waals surface area contributed by atoms with Gasteiger partial charge in [-0.25, -0.2) is 0 Å². The molecule has 0 N–H and O–H groups in total. The van der Waals surface area contributed by atoms with Crippen LogP contribution in [0, 0.1) is 0 Å². The van der Waals surface area contributed by atoms with E-state index in [-0.39, 0.29) is 5.69 Å². The van der Waals surface area contributed by atoms with E-state index in [0.717, 1.165) is 60.2 Å². The van der Waals surface area contributed by atoms with Crippen LogP contribution in [0.4, 0.5) is 17.1 Å². The molecule has 0 aromatic heterocycles. The van der Waals surface area contributed by atoms with Crippen molar-refractivity contribution in [1.82, 2.24) is 0 Å². The molecule has 14 rings (SSSR count). The van der Waals surface area contributed by atoms with E-state index in [2.05, 4.69) is 54.6 Å². The van der Waals surface area contributed by atoms with Gasteiger partial charge in [0.15, 0.2) is 0 Å². The zero-order valence-electron chi connectivity index (χ0n) is 60.5. The predicted molar refractivity (Wildman–Crippen MR) is 304 cm³/mol. The number of nitrogens with zero attached hydrogens (tertiary/aromatic N) is 1. The van der Waals surface area contributed by atoms with Gasteiger partial charge in [0.05, 0.1) is 46.7 Å². The SMILES string of the molecule is [2H]c1c([2H])c([2H])c(N(c2cccc(-c3ccc4ccccc4c3-c3ccc4c(c3)C(c3ccccc3)(c3ccccc3)c3ccccc3-4)c2)c2c([2H])c([2H])c([2H])c3c2-c2c([2H])c([2H])c([2H])c([2H])c2C3(c2c([2H])c([2H])c([2H])c([2H])c2[2H])c2c([2H])c([2H])c([2H])c([2H])c2[2H])c([2H])c1[2H]. The van der Waals surface area contributed by atoms with E-state index in [1.54, 1.807) is 18.2 Å². The molecule has 0 fully saturated rings. The van der Waals surface area contributed by atoms with Crippen LogP contribution >= 0.6 is 0 Å². The number of para-hydroxylation sites is 1. The Kier molecular flexibility index (Phi) is 6.07. The van der Waals surface area contributed by atoms with E-state index in [1.807, 2.05) is 84.9 Å². The molecule has 2 aliphatic carbocycles. The minimum absolute atomic E-state index is 0.102. The smallest absolute Gasteiger partial charge is 0.0714 e. The Morgan fingerprint density at radius 3 is 1.63 bits per heavy atom. The summed E-state index contributed by atoms with van der Waals surface area (Å²) in [6, 6.07) is 31.5. The van der Waals surface area contributed by atoms with Gasteiger partial charge >= 0.3 is 0 Å². The Hall–Kier alpha value is -9.30. The van der Waals surface area contributed by atoms with Crippen molar-refractivity contribution in [3.05, 3.63) is 341 Å². The van der Waals surface area contributed by atoms with Crippen molar-refractivity contribution < 1.29 is 30.2 Å². The summed E-state index contributed by atoms with van der Waals surface area (Å²) in [5.41, 5.74) is -1.59. The summed E-state index contributed by atoms with van der Waals surface area (Å²) in [4.78, 5) is 1.04. The van der Waals surface area contributed by atoms with Crippen molar-refractivity contribution in [2.45, 2.75) is 10.8 Å². The molecule has 0 spiro atoms. The van der Waals surface area contributed by atoms with E-state index in [0.29, 0.717) is 11.1 Å². The monoisotopic (exact) mass is 950 g/mol. The quantitative estimate of drug-likeness (QED) is 0.139. The van der Waals surface area contributed by atoms with Crippen LogP contribution in [-0.4, -0.2) is 0 Å². The molecule has 0 bridgehead atoms. The molecule has 2 aliphatic rings. The highest BCUT2D eigenvalue weighted by Crippen LogP contribution is 2.60. The van der Waals surface area contributed by atoms with E-state index >= 15 is 0 Å². The third-order valence-electron chi connectivity index (χ3n) is 14.3. The van der Waals surface area contributed by atoms with Crippen LogP contribution in [0.2, 0.25) is 0 Å². The second kappa shape index (κ2) is 17.2. The standard InChI is InChI=1S/C72H49N/c1-6-26-53(27-7-1)71(54-28-8-2-9-29-54)65-41-21-19-39-63(65)70-66(71)42-23-43-68(70)73(57-34-14-5-15-35-57)58-36-22-25-51(48-58)60-46-44-50-24-16-17-37-59(50)69(60)52-45-47-62-61-38-18-20-40-64(61)72(67(62)49-52,55-30-10-3-11-31-55)56-32-12-4-13-33-56/h1-49H/i1D,2D,5D,6D,7D,8D,9D,14D,15D,19D,21D,23D,26D,27D,28D,29D,34D,35D,39D,41D,42D,43D. The van der Waals surface area contributed by atoms with Crippen LogP contribution in [0.1, 0.15) is 74.7 Å². The predicted octanol–water partition coefficient (Wildman–Crippen LogP) is 18.4. The van der Waals surface area contributed by atoms with Gasteiger partial charge in [-0.15, -0.1) is 0 Å². The Balaban J connectivity index is 1.13. The van der Waals surface area contributed by atoms with Crippen LogP contribution in [0.5, 0.6) is 0 Å². The number of hydrogen-bond donors (Lipinski definition) is 0. The maximum Gasteiger partial charge on any atom is 0.0714 e. The highest BCUT2D eigenvalue weighted by molar-refractivity contribution is 6.06. The molecule has 0 amide bonds. The van der Waals surface area contributed by atoms with Gasteiger partial charge in [-0.1, -0.05) is 260 Å². The lowest BCUT2D eigenvalue weighted by molar-refractivity contribution is 0.768. The lowest BCUT2D eigenvalue weighted by atomic mass is 9.67. The average molecular weight is 950 g/mol. The molecule has 0 unspecified atom stereocenters. The van der Waals surface area contributed by atoms with Gasteiger partial charge in [-0.05, 0) is 131 Å². The summed E-state index contributed by atoms with van der Waals surface area (Å²) in [5, 5.41) is 1.68. The van der Waals surface area contributed by atoms with E-state index in [1.165, 1.54) is 6.07 Å². The van der Waals surface area contributed by atoms with Crippen molar-refractivity contribution in [1.29, 1.82) is 0 Å². The number of fused-ring (bicyclic) bond motifs is 7. The minimum Gasteiger partial charge on any atom is -0.310 e. The third-order valence-corrected chi connectivity index (χ3v) is 14.3. The Labute approximate surface area is 458 Å². The van der Waals surface area contributed by atoms with Crippen LogP contribution in [-0.2, 0) is 10.8 Å². The molecule has 0 heterocycles. The van der Waals surface area contributed by atoms with Gasteiger partial charge < -0.3 is 4.90 Å². The van der Waals surface area contributed by atoms with Gasteiger partial charge in [-0.3, -0.25) is 0 Å². The summed E-state index contributed by atoms with van der Waals surface area (Å²) < 4.78 is 208. The Bertz CT molecular complexity index is 5170. The zero-order valence-corrected chi connectivity index (χ0v) is 38.5.